The molecule has 0 aliphatic rings. The molecular formula is C15H10Cl2N2. The van der Waals surface area contributed by atoms with E-state index >= 15 is 0 Å². The van der Waals surface area contributed by atoms with Gasteiger partial charge in [-0.2, -0.15) is 0 Å². The number of halogens is 2. The summed E-state index contributed by atoms with van der Waals surface area (Å²) in [4.78, 5) is 8.85. The van der Waals surface area contributed by atoms with Crippen molar-refractivity contribution in [2.45, 2.75) is 6.92 Å². The van der Waals surface area contributed by atoms with E-state index in [1.807, 2.05) is 43.3 Å². The molecule has 3 aromatic rings. The smallest absolute Gasteiger partial charge is 0.161 e. The molecule has 0 amide bonds. The standard InChI is InChI=1S/C15H10Cl2N2/c1-9-5-7-10(8-6-9)15-18-13-11(14(17)19-15)3-2-4-12(13)16/h2-8H,1H3. The van der Waals surface area contributed by atoms with Crippen molar-refractivity contribution in [3.63, 3.8) is 0 Å². The number of benzene rings is 2. The summed E-state index contributed by atoms with van der Waals surface area (Å²) in [6.07, 6.45) is 0. The summed E-state index contributed by atoms with van der Waals surface area (Å²) < 4.78 is 0. The summed E-state index contributed by atoms with van der Waals surface area (Å²) in [7, 11) is 0. The highest BCUT2D eigenvalue weighted by molar-refractivity contribution is 6.38. The second-order valence-corrected chi connectivity index (χ2v) is 5.11. The Morgan fingerprint density at radius 1 is 0.895 bits per heavy atom. The summed E-state index contributed by atoms with van der Waals surface area (Å²) in [6, 6.07) is 13.5. The van der Waals surface area contributed by atoms with Crippen molar-refractivity contribution in [1.82, 2.24) is 9.97 Å². The van der Waals surface area contributed by atoms with Gasteiger partial charge >= 0.3 is 0 Å². The summed E-state index contributed by atoms with van der Waals surface area (Å²) in [5, 5.41) is 1.77. The Hall–Kier alpha value is -1.64. The predicted octanol–water partition coefficient (Wildman–Crippen LogP) is 4.91. The molecule has 0 aliphatic heterocycles. The highest BCUT2D eigenvalue weighted by Crippen LogP contribution is 2.29. The number of hydrogen-bond acceptors (Lipinski definition) is 2. The van der Waals surface area contributed by atoms with Crippen LogP contribution in [0.2, 0.25) is 10.2 Å². The minimum atomic E-state index is 0.420. The van der Waals surface area contributed by atoms with E-state index in [0.717, 1.165) is 10.9 Å². The van der Waals surface area contributed by atoms with Gasteiger partial charge in [-0.3, -0.25) is 0 Å². The fourth-order valence-electron chi connectivity index (χ4n) is 1.91. The third-order valence-corrected chi connectivity index (χ3v) is 3.53. The molecule has 2 nitrogen and oxygen atoms in total. The van der Waals surface area contributed by atoms with Crippen LogP contribution in [0.1, 0.15) is 5.56 Å². The molecule has 0 fully saturated rings. The fourth-order valence-corrected chi connectivity index (χ4v) is 2.36. The van der Waals surface area contributed by atoms with Crippen LogP contribution in [0.25, 0.3) is 22.3 Å². The van der Waals surface area contributed by atoms with Crippen LogP contribution in [-0.2, 0) is 0 Å². The Kier molecular flexibility index (Phi) is 3.13. The quantitative estimate of drug-likeness (QED) is 0.595. The van der Waals surface area contributed by atoms with E-state index in [1.165, 1.54) is 5.56 Å². The van der Waals surface area contributed by atoms with E-state index in [-0.39, 0.29) is 0 Å². The Morgan fingerprint density at radius 2 is 1.63 bits per heavy atom. The van der Waals surface area contributed by atoms with Crippen LogP contribution in [0, 0.1) is 6.92 Å². The molecule has 0 saturated heterocycles. The average molecular weight is 289 g/mol. The predicted molar refractivity (Wildman–Crippen MR) is 79.7 cm³/mol. The van der Waals surface area contributed by atoms with Crippen molar-refractivity contribution < 1.29 is 0 Å². The first-order valence-corrected chi connectivity index (χ1v) is 6.59. The number of hydrogen-bond donors (Lipinski definition) is 0. The Morgan fingerprint density at radius 3 is 2.37 bits per heavy atom. The molecule has 94 valence electrons. The van der Waals surface area contributed by atoms with Crippen LogP contribution in [-0.4, -0.2) is 9.97 Å². The zero-order valence-electron chi connectivity index (χ0n) is 10.2. The first-order valence-electron chi connectivity index (χ1n) is 5.84. The molecule has 0 saturated carbocycles. The van der Waals surface area contributed by atoms with Crippen LogP contribution in [0.5, 0.6) is 0 Å². The highest BCUT2D eigenvalue weighted by Gasteiger charge is 2.09. The van der Waals surface area contributed by atoms with Crippen molar-refractivity contribution in [2.75, 3.05) is 0 Å². The van der Waals surface area contributed by atoms with Crippen LogP contribution in [0.4, 0.5) is 0 Å². The maximum Gasteiger partial charge on any atom is 0.161 e. The molecule has 0 aliphatic carbocycles. The summed E-state index contributed by atoms with van der Waals surface area (Å²) in [6.45, 7) is 2.04. The molecule has 0 radical (unpaired) electrons. The van der Waals surface area contributed by atoms with Gasteiger partial charge in [0.2, 0.25) is 0 Å². The normalized spacial score (nSPS) is 10.9. The lowest BCUT2D eigenvalue weighted by molar-refractivity contribution is 1.22. The fraction of sp³-hybridized carbons (Fsp3) is 0.0667. The van der Waals surface area contributed by atoms with E-state index in [0.29, 0.717) is 21.5 Å². The van der Waals surface area contributed by atoms with Crippen LogP contribution >= 0.6 is 23.2 Å². The van der Waals surface area contributed by atoms with Crippen LogP contribution < -0.4 is 0 Å². The second kappa shape index (κ2) is 4.80. The molecule has 2 aromatic carbocycles. The number of aryl methyl sites for hydroxylation is 1. The molecule has 3 rings (SSSR count). The lowest BCUT2D eigenvalue weighted by Gasteiger charge is -2.06. The van der Waals surface area contributed by atoms with E-state index in [1.54, 1.807) is 6.07 Å². The summed E-state index contributed by atoms with van der Waals surface area (Å²) in [5.41, 5.74) is 2.79. The topological polar surface area (TPSA) is 25.8 Å². The van der Waals surface area contributed by atoms with Crippen LogP contribution in [0.15, 0.2) is 42.5 Å². The van der Waals surface area contributed by atoms with E-state index in [9.17, 15) is 0 Å². The van der Waals surface area contributed by atoms with Gasteiger partial charge in [0.05, 0.1) is 10.5 Å². The highest BCUT2D eigenvalue weighted by atomic mass is 35.5. The first kappa shape index (κ1) is 12.4. The zero-order valence-corrected chi connectivity index (χ0v) is 11.7. The van der Waals surface area contributed by atoms with E-state index < -0.39 is 0 Å². The van der Waals surface area contributed by atoms with Gasteiger partial charge in [-0.15, -0.1) is 0 Å². The van der Waals surface area contributed by atoms with E-state index in [4.69, 9.17) is 23.2 Å². The first-order chi connectivity index (χ1) is 9.15. The number of rotatable bonds is 1. The Balaban J connectivity index is 2.25. The molecule has 1 heterocycles. The minimum Gasteiger partial charge on any atom is -0.226 e. The van der Waals surface area contributed by atoms with Gasteiger partial charge in [-0.1, -0.05) is 59.1 Å². The molecule has 0 spiro atoms. The van der Waals surface area contributed by atoms with Gasteiger partial charge in [0.25, 0.3) is 0 Å². The molecule has 0 N–H and O–H groups in total. The van der Waals surface area contributed by atoms with Crippen molar-refractivity contribution in [3.05, 3.63) is 58.2 Å². The molecule has 19 heavy (non-hydrogen) atoms. The molecule has 1 aromatic heterocycles. The Labute approximate surface area is 121 Å². The zero-order chi connectivity index (χ0) is 13.4. The largest absolute Gasteiger partial charge is 0.226 e. The lowest BCUT2D eigenvalue weighted by Crippen LogP contribution is -1.92. The summed E-state index contributed by atoms with van der Waals surface area (Å²) in [5.74, 6) is 0.589. The molecule has 0 bridgehead atoms. The maximum atomic E-state index is 6.21. The maximum absolute atomic E-state index is 6.21. The van der Waals surface area contributed by atoms with Crippen molar-refractivity contribution in [2.24, 2.45) is 0 Å². The number of nitrogens with zero attached hydrogens (tertiary/aromatic N) is 2. The van der Waals surface area contributed by atoms with Crippen molar-refractivity contribution in [1.29, 1.82) is 0 Å². The van der Waals surface area contributed by atoms with Gasteiger partial charge in [0.1, 0.15) is 5.15 Å². The van der Waals surface area contributed by atoms with Gasteiger partial charge in [-0.25, -0.2) is 9.97 Å². The lowest BCUT2D eigenvalue weighted by atomic mass is 10.1. The van der Waals surface area contributed by atoms with Gasteiger partial charge in [-0.05, 0) is 19.1 Å². The van der Waals surface area contributed by atoms with Gasteiger partial charge in [0, 0.05) is 10.9 Å². The number of fused-ring (bicyclic) bond motifs is 1. The molecule has 4 heteroatoms. The minimum absolute atomic E-state index is 0.420. The molecule has 0 unspecified atom stereocenters. The summed E-state index contributed by atoms with van der Waals surface area (Å²) >= 11 is 12.4. The molecular weight excluding hydrogens is 279 g/mol. The number of aromatic nitrogens is 2. The number of para-hydroxylation sites is 1. The van der Waals surface area contributed by atoms with Gasteiger partial charge in [0.15, 0.2) is 5.82 Å². The van der Waals surface area contributed by atoms with Crippen molar-refractivity contribution in [3.8, 4) is 11.4 Å². The molecule has 0 atom stereocenters. The van der Waals surface area contributed by atoms with Crippen LogP contribution in [0.3, 0.4) is 0 Å². The third kappa shape index (κ3) is 2.29. The average Bonchev–Trinajstić information content (AvgIpc) is 2.41. The Bertz CT molecular complexity index is 752. The SMILES string of the molecule is Cc1ccc(-c2nc(Cl)c3cccc(Cl)c3n2)cc1. The second-order valence-electron chi connectivity index (χ2n) is 4.34. The third-order valence-electron chi connectivity index (χ3n) is 2.94. The van der Waals surface area contributed by atoms with Gasteiger partial charge < -0.3 is 0 Å². The van der Waals surface area contributed by atoms with Crippen molar-refractivity contribution >= 4 is 34.1 Å². The monoisotopic (exact) mass is 288 g/mol. The van der Waals surface area contributed by atoms with E-state index in [2.05, 4.69) is 9.97 Å².